The molecule has 0 atom stereocenters. The average Bonchev–Trinajstić information content (AvgIpc) is 2.84. The SMILES string of the molecule is COc1ccc(C(=O)N/N=C/c2ccc(/C=N/NC(=O)c3ccc(OC)c(Br)c3)cc2)cc1Br. The number of methoxy groups -OCH3 is 2. The van der Waals surface area contributed by atoms with Crippen molar-refractivity contribution in [2.24, 2.45) is 10.2 Å². The summed E-state index contributed by atoms with van der Waals surface area (Å²) < 4.78 is 11.7. The second-order valence-electron chi connectivity index (χ2n) is 6.76. The van der Waals surface area contributed by atoms with Gasteiger partial charge in [0, 0.05) is 11.1 Å². The van der Waals surface area contributed by atoms with E-state index in [-0.39, 0.29) is 11.8 Å². The van der Waals surface area contributed by atoms with E-state index in [4.69, 9.17) is 9.47 Å². The van der Waals surface area contributed by atoms with Crippen molar-refractivity contribution in [1.29, 1.82) is 0 Å². The highest BCUT2D eigenvalue weighted by Crippen LogP contribution is 2.26. The van der Waals surface area contributed by atoms with Crippen LogP contribution in [0.15, 0.2) is 79.8 Å². The van der Waals surface area contributed by atoms with Crippen molar-refractivity contribution < 1.29 is 19.1 Å². The number of hydrazone groups is 2. The van der Waals surface area contributed by atoms with Gasteiger partial charge in [-0.3, -0.25) is 9.59 Å². The summed E-state index contributed by atoms with van der Waals surface area (Å²) in [4.78, 5) is 24.4. The van der Waals surface area contributed by atoms with E-state index < -0.39 is 0 Å². The van der Waals surface area contributed by atoms with Gasteiger partial charge >= 0.3 is 0 Å². The van der Waals surface area contributed by atoms with E-state index in [1.165, 1.54) is 12.4 Å². The van der Waals surface area contributed by atoms with Gasteiger partial charge < -0.3 is 9.47 Å². The van der Waals surface area contributed by atoms with Crippen LogP contribution >= 0.6 is 31.9 Å². The van der Waals surface area contributed by atoms with Crippen LogP contribution in [-0.4, -0.2) is 38.5 Å². The lowest BCUT2D eigenvalue weighted by atomic mass is 10.2. The fraction of sp³-hybridized carbons (Fsp3) is 0.0833. The Balaban J connectivity index is 1.52. The Morgan fingerprint density at radius 1 is 0.706 bits per heavy atom. The molecule has 8 nitrogen and oxygen atoms in total. The molecule has 0 unspecified atom stereocenters. The molecule has 0 fully saturated rings. The zero-order valence-electron chi connectivity index (χ0n) is 18.2. The summed E-state index contributed by atoms with van der Waals surface area (Å²) in [6.45, 7) is 0. The molecule has 34 heavy (non-hydrogen) atoms. The van der Waals surface area contributed by atoms with Gasteiger partial charge in [0.1, 0.15) is 11.5 Å². The molecule has 3 rings (SSSR count). The predicted octanol–water partition coefficient (Wildman–Crippen LogP) is 4.76. The van der Waals surface area contributed by atoms with Gasteiger partial charge in [-0.25, -0.2) is 10.9 Å². The number of carbonyl (C=O) groups excluding carboxylic acids is 2. The molecule has 2 N–H and O–H groups in total. The van der Waals surface area contributed by atoms with Crippen molar-refractivity contribution in [3.05, 3.63) is 91.9 Å². The average molecular weight is 588 g/mol. The summed E-state index contributed by atoms with van der Waals surface area (Å²) in [7, 11) is 3.11. The zero-order chi connectivity index (χ0) is 24.5. The number of carbonyl (C=O) groups is 2. The summed E-state index contributed by atoms with van der Waals surface area (Å²) in [5, 5.41) is 7.97. The largest absolute Gasteiger partial charge is 0.496 e. The number of hydrogen-bond acceptors (Lipinski definition) is 6. The topological polar surface area (TPSA) is 101 Å². The van der Waals surface area contributed by atoms with E-state index in [2.05, 4.69) is 52.9 Å². The van der Waals surface area contributed by atoms with E-state index in [9.17, 15) is 9.59 Å². The number of ether oxygens (including phenoxy) is 2. The van der Waals surface area contributed by atoms with Crippen LogP contribution in [0, 0.1) is 0 Å². The van der Waals surface area contributed by atoms with Gasteiger partial charge in [0.15, 0.2) is 0 Å². The van der Waals surface area contributed by atoms with Gasteiger partial charge in [-0.1, -0.05) is 24.3 Å². The first-order chi connectivity index (χ1) is 16.4. The lowest BCUT2D eigenvalue weighted by Crippen LogP contribution is -2.17. The molecule has 0 saturated heterocycles. The number of halogens is 2. The lowest BCUT2D eigenvalue weighted by Gasteiger charge is -2.05. The molecular weight excluding hydrogens is 568 g/mol. The molecule has 174 valence electrons. The fourth-order valence-electron chi connectivity index (χ4n) is 2.74. The maximum absolute atomic E-state index is 12.2. The molecule has 3 aromatic rings. The van der Waals surface area contributed by atoms with Crippen LogP contribution in [0.3, 0.4) is 0 Å². The highest BCUT2D eigenvalue weighted by atomic mass is 79.9. The van der Waals surface area contributed by atoms with Crippen LogP contribution in [0.25, 0.3) is 0 Å². The monoisotopic (exact) mass is 586 g/mol. The van der Waals surface area contributed by atoms with Crippen molar-refractivity contribution in [2.75, 3.05) is 14.2 Å². The minimum absolute atomic E-state index is 0.344. The second kappa shape index (κ2) is 12.1. The third kappa shape index (κ3) is 6.75. The Bertz CT molecular complexity index is 1150. The van der Waals surface area contributed by atoms with Gasteiger partial charge in [0.25, 0.3) is 11.8 Å². The van der Waals surface area contributed by atoms with Crippen molar-refractivity contribution >= 4 is 56.1 Å². The van der Waals surface area contributed by atoms with Gasteiger partial charge in [0.2, 0.25) is 0 Å². The first-order valence-electron chi connectivity index (χ1n) is 9.85. The van der Waals surface area contributed by atoms with E-state index in [1.54, 1.807) is 50.6 Å². The molecule has 0 aliphatic heterocycles. The highest BCUT2D eigenvalue weighted by Gasteiger charge is 2.09. The van der Waals surface area contributed by atoms with E-state index in [1.807, 2.05) is 24.3 Å². The summed E-state index contributed by atoms with van der Waals surface area (Å²) in [6.07, 6.45) is 3.06. The zero-order valence-corrected chi connectivity index (χ0v) is 21.4. The predicted molar refractivity (Wildman–Crippen MR) is 138 cm³/mol. The van der Waals surface area contributed by atoms with Gasteiger partial charge in [-0.15, -0.1) is 0 Å². The molecule has 10 heteroatoms. The molecule has 0 aromatic heterocycles. The molecule has 0 aliphatic rings. The number of amides is 2. The number of nitrogens with one attached hydrogen (secondary N) is 2. The summed E-state index contributed by atoms with van der Waals surface area (Å²) in [5.41, 5.74) is 7.41. The van der Waals surface area contributed by atoms with Gasteiger partial charge in [0.05, 0.1) is 35.6 Å². The molecule has 3 aromatic carbocycles. The summed E-state index contributed by atoms with van der Waals surface area (Å²) in [5.74, 6) is 0.583. The Morgan fingerprint density at radius 2 is 1.09 bits per heavy atom. The Hall–Kier alpha value is -3.50. The van der Waals surface area contributed by atoms with Crippen LogP contribution in [-0.2, 0) is 0 Å². The Kier molecular flexibility index (Phi) is 8.94. The van der Waals surface area contributed by atoms with Crippen LogP contribution in [0.5, 0.6) is 11.5 Å². The summed E-state index contributed by atoms with van der Waals surface area (Å²) >= 11 is 6.70. The first kappa shape index (κ1) is 25.1. The van der Waals surface area contributed by atoms with Crippen molar-refractivity contribution in [1.82, 2.24) is 10.9 Å². The molecule has 0 bridgehead atoms. The number of hydrogen-bond donors (Lipinski definition) is 2. The molecular formula is C24H20Br2N4O4. The Labute approximate surface area is 213 Å². The lowest BCUT2D eigenvalue weighted by molar-refractivity contribution is 0.0947. The van der Waals surface area contributed by atoms with E-state index >= 15 is 0 Å². The minimum atomic E-state index is -0.344. The summed E-state index contributed by atoms with van der Waals surface area (Å²) in [6, 6.07) is 17.2. The smallest absolute Gasteiger partial charge is 0.271 e. The molecule has 0 saturated carbocycles. The van der Waals surface area contributed by atoms with Crippen molar-refractivity contribution in [2.45, 2.75) is 0 Å². The van der Waals surface area contributed by atoms with Crippen LogP contribution in [0.4, 0.5) is 0 Å². The van der Waals surface area contributed by atoms with Gasteiger partial charge in [-0.2, -0.15) is 10.2 Å². The minimum Gasteiger partial charge on any atom is -0.496 e. The van der Waals surface area contributed by atoms with Crippen LogP contribution in [0.2, 0.25) is 0 Å². The maximum Gasteiger partial charge on any atom is 0.271 e. The molecule has 0 heterocycles. The van der Waals surface area contributed by atoms with Crippen molar-refractivity contribution in [3.63, 3.8) is 0 Å². The van der Waals surface area contributed by atoms with Crippen LogP contribution < -0.4 is 20.3 Å². The molecule has 0 spiro atoms. The van der Waals surface area contributed by atoms with E-state index in [0.717, 1.165) is 11.1 Å². The maximum atomic E-state index is 12.2. The van der Waals surface area contributed by atoms with Gasteiger partial charge in [-0.05, 0) is 79.4 Å². The highest BCUT2D eigenvalue weighted by molar-refractivity contribution is 9.10. The number of rotatable bonds is 8. The fourth-order valence-corrected chi connectivity index (χ4v) is 3.82. The third-order valence-electron chi connectivity index (χ3n) is 4.52. The number of benzene rings is 3. The molecule has 0 aliphatic carbocycles. The quantitative estimate of drug-likeness (QED) is 0.293. The van der Waals surface area contributed by atoms with Crippen LogP contribution in [0.1, 0.15) is 31.8 Å². The standard InChI is InChI=1S/C24H20Br2N4O4/c1-33-21-9-7-17(11-19(21)25)23(31)29-27-13-15-3-5-16(6-4-15)14-28-30-24(32)18-8-10-22(34-2)20(26)12-18/h3-14H,1-2H3,(H,29,31)(H,30,32)/b27-13+,28-14+. The second-order valence-corrected chi connectivity index (χ2v) is 8.47. The number of nitrogens with zero attached hydrogens (tertiary/aromatic N) is 2. The van der Waals surface area contributed by atoms with E-state index in [0.29, 0.717) is 31.6 Å². The third-order valence-corrected chi connectivity index (χ3v) is 5.76. The first-order valence-corrected chi connectivity index (χ1v) is 11.4. The molecule has 2 amide bonds. The molecule has 0 radical (unpaired) electrons. The van der Waals surface area contributed by atoms with Crippen molar-refractivity contribution in [3.8, 4) is 11.5 Å². The normalized spacial score (nSPS) is 10.9. The Morgan fingerprint density at radius 3 is 1.41 bits per heavy atom.